The van der Waals surface area contributed by atoms with Gasteiger partial charge in [0.1, 0.15) is 0 Å². The van der Waals surface area contributed by atoms with Crippen molar-refractivity contribution in [3.63, 3.8) is 0 Å². The van der Waals surface area contributed by atoms with E-state index in [9.17, 15) is 18.0 Å². The van der Waals surface area contributed by atoms with Gasteiger partial charge in [-0.05, 0) is 38.5 Å². The van der Waals surface area contributed by atoms with E-state index in [-0.39, 0.29) is 23.8 Å². The first kappa shape index (κ1) is 22.2. The predicted molar refractivity (Wildman–Crippen MR) is 116 cm³/mol. The molecule has 0 aromatic heterocycles. The molecule has 1 amide bonds. The molecule has 1 aliphatic rings. The number of benzene rings is 2. The van der Waals surface area contributed by atoms with Gasteiger partial charge in [0.2, 0.25) is 10.0 Å². The molecular formula is C22H28N2O5S. The first-order valence-corrected chi connectivity index (χ1v) is 11.9. The first-order chi connectivity index (χ1) is 14.3. The number of anilines is 1. The minimum absolute atomic E-state index is 0.0174. The largest absolute Gasteiger partial charge is 0.466 e. The van der Waals surface area contributed by atoms with Crippen LogP contribution in [0.15, 0.2) is 35.2 Å². The van der Waals surface area contributed by atoms with Crippen molar-refractivity contribution < 1.29 is 22.7 Å². The predicted octanol–water partition coefficient (Wildman–Crippen LogP) is 3.61. The van der Waals surface area contributed by atoms with Crippen molar-refractivity contribution in [1.82, 2.24) is 4.72 Å². The zero-order valence-corrected chi connectivity index (χ0v) is 18.4. The van der Waals surface area contributed by atoms with Crippen LogP contribution in [0.4, 0.5) is 5.69 Å². The number of sulfonamides is 1. The van der Waals surface area contributed by atoms with Crippen LogP contribution >= 0.6 is 0 Å². The van der Waals surface area contributed by atoms with Gasteiger partial charge in [0.15, 0.2) is 0 Å². The van der Waals surface area contributed by atoms with Crippen molar-refractivity contribution in [2.75, 3.05) is 18.1 Å². The molecular weight excluding hydrogens is 404 g/mol. The molecule has 7 nitrogen and oxygen atoms in total. The summed E-state index contributed by atoms with van der Waals surface area (Å²) in [7, 11) is -3.91. The highest BCUT2D eigenvalue weighted by molar-refractivity contribution is 7.89. The summed E-state index contributed by atoms with van der Waals surface area (Å²) in [6, 6.07) is 7.80. The summed E-state index contributed by atoms with van der Waals surface area (Å²) in [5, 5.41) is 1.16. The minimum Gasteiger partial charge on any atom is -0.466 e. The fraction of sp³-hybridized carbons (Fsp3) is 0.455. The van der Waals surface area contributed by atoms with Crippen LogP contribution in [0, 0.1) is 0 Å². The van der Waals surface area contributed by atoms with Crippen LogP contribution in [-0.4, -0.2) is 39.5 Å². The molecule has 3 rings (SSSR count). The molecule has 0 radical (unpaired) electrons. The summed E-state index contributed by atoms with van der Waals surface area (Å²) >= 11 is 0. The molecule has 1 unspecified atom stereocenters. The van der Waals surface area contributed by atoms with Gasteiger partial charge in [-0.15, -0.1) is 0 Å². The van der Waals surface area contributed by atoms with Crippen LogP contribution in [0.5, 0.6) is 0 Å². The number of hydrogen-bond acceptors (Lipinski definition) is 5. The highest BCUT2D eigenvalue weighted by Crippen LogP contribution is 2.40. The highest BCUT2D eigenvalue weighted by Gasteiger charge is 2.32. The van der Waals surface area contributed by atoms with Gasteiger partial charge in [-0.1, -0.05) is 31.9 Å². The van der Waals surface area contributed by atoms with Crippen molar-refractivity contribution in [3.8, 4) is 0 Å². The lowest BCUT2D eigenvalue weighted by molar-refractivity contribution is -0.143. The molecule has 0 aliphatic carbocycles. The molecule has 0 saturated carbocycles. The number of nitrogens with one attached hydrogen (secondary N) is 1. The van der Waals surface area contributed by atoms with E-state index in [1.807, 2.05) is 13.8 Å². The first-order valence-electron chi connectivity index (χ1n) is 10.4. The second-order valence-corrected chi connectivity index (χ2v) is 9.01. The monoisotopic (exact) mass is 432 g/mol. The molecule has 1 aliphatic heterocycles. The second kappa shape index (κ2) is 9.14. The van der Waals surface area contributed by atoms with Gasteiger partial charge < -0.3 is 9.64 Å². The van der Waals surface area contributed by atoms with E-state index in [2.05, 4.69) is 4.72 Å². The topological polar surface area (TPSA) is 92.8 Å². The Hall–Kier alpha value is -2.45. The highest BCUT2D eigenvalue weighted by atomic mass is 32.2. The molecule has 1 atom stereocenters. The fourth-order valence-corrected chi connectivity index (χ4v) is 5.40. The number of esters is 1. The average Bonchev–Trinajstić information content (AvgIpc) is 2.99. The van der Waals surface area contributed by atoms with Crippen molar-refractivity contribution in [3.05, 3.63) is 35.9 Å². The van der Waals surface area contributed by atoms with E-state index < -0.39 is 22.0 Å². The molecule has 0 bridgehead atoms. The van der Waals surface area contributed by atoms with Crippen molar-refractivity contribution in [1.29, 1.82) is 0 Å². The molecule has 2 aromatic carbocycles. The summed E-state index contributed by atoms with van der Waals surface area (Å²) in [5.74, 6) is -0.547. The van der Waals surface area contributed by atoms with E-state index in [1.165, 1.54) is 6.07 Å². The molecule has 0 saturated heterocycles. The van der Waals surface area contributed by atoms with Gasteiger partial charge in [-0.3, -0.25) is 9.59 Å². The SMILES string of the molecule is CCCCC(CC(=O)OCC)NS(=O)(=O)c1ccc2c3c(cccc13)C(=O)N2CC. The summed E-state index contributed by atoms with van der Waals surface area (Å²) in [6.07, 6.45) is 2.20. The minimum atomic E-state index is -3.91. The van der Waals surface area contributed by atoms with Gasteiger partial charge in [0.25, 0.3) is 5.91 Å². The smallest absolute Gasteiger partial charge is 0.307 e. The molecule has 0 fully saturated rings. The quantitative estimate of drug-likeness (QED) is 0.579. The maximum Gasteiger partial charge on any atom is 0.307 e. The molecule has 0 spiro atoms. The number of carbonyl (C=O) groups excluding carboxylic acids is 2. The van der Waals surface area contributed by atoms with Crippen LogP contribution in [0.1, 0.15) is 56.8 Å². The number of carbonyl (C=O) groups is 2. The van der Waals surface area contributed by atoms with E-state index in [4.69, 9.17) is 4.74 Å². The number of amides is 1. The van der Waals surface area contributed by atoms with E-state index in [0.717, 1.165) is 18.5 Å². The molecule has 2 aromatic rings. The Morgan fingerprint density at radius 3 is 2.60 bits per heavy atom. The molecule has 162 valence electrons. The number of hydrogen-bond donors (Lipinski definition) is 1. The van der Waals surface area contributed by atoms with Crippen LogP contribution in [0.25, 0.3) is 10.8 Å². The third kappa shape index (κ3) is 4.20. The van der Waals surface area contributed by atoms with Gasteiger partial charge in [0, 0.05) is 28.9 Å². The Balaban J connectivity index is 1.99. The standard InChI is InChI=1S/C22H28N2O5S/c1-4-7-9-15(14-20(25)29-6-3)23-30(27,28)19-13-12-18-21-16(19)10-8-11-17(21)22(26)24(18)5-2/h8,10-13,15,23H,4-7,9,14H2,1-3H3. The molecule has 1 heterocycles. The lowest BCUT2D eigenvalue weighted by Gasteiger charge is -2.19. The maximum absolute atomic E-state index is 13.3. The summed E-state index contributed by atoms with van der Waals surface area (Å²) in [5.41, 5.74) is 1.23. The lowest BCUT2D eigenvalue weighted by Crippen LogP contribution is -2.37. The van der Waals surface area contributed by atoms with Crippen LogP contribution < -0.4 is 9.62 Å². The zero-order valence-electron chi connectivity index (χ0n) is 17.6. The number of nitrogens with zero attached hydrogens (tertiary/aromatic N) is 1. The fourth-order valence-electron chi connectivity index (χ4n) is 3.92. The molecule has 30 heavy (non-hydrogen) atoms. The van der Waals surface area contributed by atoms with E-state index >= 15 is 0 Å². The number of unbranched alkanes of at least 4 members (excludes halogenated alkanes) is 1. The second-order valence-electron chi connectivity index (χ2n) is 7.33. The Labute approximate surface area is 177 Å². The Kier molecular flexibility index (Phi) is 6.77. The average molecular weight is 433 g/mol. The van der Waals surface area contributed by atoms with Crippen molar-refractivity contribution in [2.24, 2.45) is 0 Å². The Morgan fingerprint density at radius 2 is 1.93 bits per heavy atom. The summed E-state index contributed by atoms with van der Waals surface area (Å²) < 4.78 is 34.2. The normalized spacial score (nSPS) is 14.4. The van der Waals surface area contributed by atoms with Crippen LogP contribution in [0.2, 0.25) is 0 Å². The zero-order chi connectivity index (χ0) is 21.9. The summed E-state index contributed by atoms with van der Waals surface area (Å²) in [6.45, 7) is 6.37. The molecule has 1 N–H and O–H groups in total. The summed E-state index contributed by atoms with van der Waals surface area (Å²) in [4.78, 5) is 26.4. The third-order valence-corrected chi connectivity index (χ3v) is 6.88. The van der Waals surface area contributed by atoms with Crippen molar-refractivity contribution >= 4 is 38.4 Å². The van der Waals surface area contributed by atoms with Gasteiger partial charge in [-0.25, -0.2) is 13.1 Å². The van der Waals surface area contributed by atoms with Crippen molar-refractivity contribution in [2.45, 2.75) is 57.4 Å². The Bertz CT molecular complexity index is 1060. The number of ether oxygens (including phenoxy) is 1. The maximum atomic E-state index is 13.3. The van der Waals surface area contributed by atoms with E-state index in [1.54, 1.807) is 36.1 Å². The lowest BCUT2D eigenvalue weighted by atomic mass is 10.1. The Morgan fingerprint density at radius 1 is 1.17 bits per heavy atom. The van der Waals surface area contributed by atoms with E-state index in [0.29, 0.717) is 29.3 Å². The molecule has 8 heteroatoms. The third-order valence-electron chi connectivity index (χ3n) is 5.30. The van der Waals surface area contributed by atoms with Gasteiger partial charge >= 0.3 is 5.97 Å². The van der Waals surface area contributed by atoms with Gasteiger partial charge in [0.05, 0.1) is 23.6 Å². The van der Waals surface area contributed by atoms with Gasteiger partial charge in [-0.2, -0.15) is 0 Å². The number of rotatable bonds is 10. The van der Waals surface area contributed by atoms with Crippen LogP contribution in [0.3, 0.4) is 0 Å². The van der Waals surface area contributed by atoms with Crippen LogP contribution in [-0.2, 0) is 19.6 Å².